The van der Waals surface area contributed by atoms with E-state index in [1.807, 2.05) is 42.2 Å². The van der Waals surface area contributed by atoms with E-state index in [1.54, 1.807) is 4.68 Å². The molecule has 0 saturated carbocycles. The molecule has 1 aliphatic heterocycles. The van der Waals surface area contributed by atoms with Crippen LogP contribution < -0.4 is 16.4 Å². The molecule has 0 aliphatic carbocycles. The zero-order valence-electron chi connectivity index (χ0n) is 18.4. The number of likely N-dealkylation sites (tertiary alicyclic amines) is 1. The van der Waals surface area contributed by atoms with Gasteiger partial charge >= 0.3 is 0 Å². The SMILES string of the molecule is CCNC(=NCC(=O)N1CCCC1)NCCCc1nn(-c2ccccc2)c(N)c1C#N.I. The van der Waals surface area contributed by atoms with Crippen LogP contribution in [0.3, 0.4) is 0 Å². The Morgan fingerprint density at radius 2 is 1.97 bits per heavy atom. The number of nitrogens with zero attached hydrogens (tertiary/aromatic N) is 5. The Morgan fingerprint density at radius 1 is 1.25 bits per heavy atom. The highest BCUT2D eigenvalue weighted by molar-refractivity contribution is 14.0. The number of nitrogen functional groups attached to an aromatic ring is 1. The number of aryl methyl sites for hydroxylation is 1. The van der Waals surface area contributed by atoms with Gasteiger partial charge in [0.2, 0.25) is 5.91 Å². The molecule has 4 N–H and O–H groups in total. The van der Waals surface area contributed by atoms with Gasteiger partial charge in [-0.2, -0.15) is 10.4 Å². The third kappa shape index (κ3) is 6.59. The van der Waals surface area contributed by atoms with Crippen LogP contribution in [-0.4, -0.2) is 59.3 Å². The minimum atomic E-state index is 0. The summed E-state index contributed by atoms with van der Waals surface area (Å²) in [7, 11) is 0. The molecule has 2 heterocycles. The molecule has 0 bridgehead atoms. The number of halogens is 1. The van der Waals surface area contributed by atoms with Crippen LogP contribution >= 0.6 is 24.0 Å². The molecular weight excluding hydrogens is 519 g/mol. The first-order chi connectivity index (χ1) is 15.1. The van der Waals surface area contributed by atoms with Crippen LogP contribution in [0.1, 0.15) is 37.4 Å². The van der Waals surface area contributed by atoms with Crippen molar-refractivity contribution < 1.29 is 4.79 Å². The fourth-order valence-electron chi connectivity index (χ4n) is 3.56. The summed E-state index contributed by atoms with van der Waals surface area (Å²) in [6, 6.07) is 11.7. The summed E-state index contributed by atoms with van der Waals surface area (Å²) in [5, 5.41) is 20.5. The fourth-order valence-corrected chi connectivity index (χ4v) is 3.56. The molecule has 0 radical (unpaired) electrons. The predicted octanol–water partition coefficient (Wildman–Crippen LogP) is 2.05. The number of nitrogens with two attached hydrogens (primary N) is 1. The van der Waals surface area contributed by atoms with Crippen molar-refractivity contribution in [3.05, 3.63) is 41.6 Å². The summed E-state index contributed by atoms with van der Waals surface area (Å²) in [5.41, 5.74) is 8.07. The number of para-hydroxylation sites is 1. The van der Waals surface area contributed by atoms with Gasteiger partial charge in [-0.3, -0.25) is 4.79 Å². The molecule has 1 amide bonds. The number of guanidine groups is 1. The van der Waals surface area contributed by atoms with Crippen molar-refractivity contribution in [2.75, 3.05) is 38.5 Å². The molecule has 0 atom stereocenters. The average Bonchev–Trinajstić information content (AvgIpc) is 3.43. The van der Waals surface area contributed by atoms with Crippen molar-refractivity contribution in [2.45, 2.75) is 32.6 Å². The molecule has 172 valence electrons. The van der Waals surface area contributed by atoms with Crippen LogP contribution in [0.15, 0.2) is 35.3 Å². The highest BCUT2D eigenvalue weighted by Gasteiger charge is 2.18. The van der Waals surface area contributed by atoms with E-state index >= 15 is 0 Å². The Hall–Kier alpha value is -2.81. The second kappa shape index (κ2) is 12.9. The van der Waals surface area contributed by atoms with Crippen molar-refractivity contribution >= 4 is 41.7 Å². The average molecular weight is 550 g/mol. The Labute approximate surface area is 206 Å². The van der Waals surface area contributed by atoms with Gasteiger partial charge in [0.25, 0.3) is 0 Å². The summed E-state index contributed by atoms with van der Waals surface area (Å²) in [6.45, 7) is 5.13. The monoisotopic (exact) mass is 550 g/mol. The Kier molecular flexibility index (Phi) is 10.3. The number of aliphatic imine (C=N–C) groups is 1. The summed E-state index contributed by atoms with van der Waals surface area (Å²) in [5.74, 6) is 1.03. The number of nitrogens with one attached hydrogen (secondary N) is 2. The van der Waals surface area contributed by atoms with E-state index in [-0.39, 0.29) is 36.4 Å². The number of hydrogen-bond donors (Lipinski definition) is 3. The van der Waals surface area contributed by atoms with Gasteiger partial charge in [0.1, 0.15) is 24.0 Å². The van der Waals surface area contributed by atoms with E-state index in [4.69, 9.17) is 5.73 Å². The van der Waals surface area contributed by atoms with E-state index in [0.717, 1.165) is 38.0 Å². The number of amides is 1. The van der Waals surface area contributed by atoms with E-state index < -0.39 is 0 Å². The van der Waals surface area contributed by atoms with Crippen LogP contribution in [0.25, 0.3) is 5.69 Å². The van der Waals surface area contributed by atoms with E-state index in [9.17, 15) is 10.1 Å². The third-order valence-corrected chi connectivity index (χ3v) is 5.16. The molecule has 2 aromatic rings. The lowest BCUT2D eigenvalue weighted by atomic mass is 10.1. The number of benzene rings is 1. The first-order valence-corrected chi connectivity index (χ1v) is 10.8. The van der Waals surface area contributed by atoms with Crippen LogP contribution in [0, 0.1) is 11.3 Å². The van der Waals surface area contributed by atoms with Crippen molar-refractivity contribution in [3.63, 3.8) is 0 Å². The van der Waals surface area contributed by atoms with E-state index in [0.29, 0.717) is 42.5 Å². The molecule has 10 heteroatoms. The standard InChI is InChI=1S/C22H30N8O.HI/c1-2-25-22(27-16-20(31)29-13-6-7-14-29)26-12-8-11-19-18(15-23)21(24)30(28-19)17-9-4-3-5-10-17;/h3-5,9-10H,2,6-8,11-14,16,24H2,1H3,(H2,25,26,27);1H. The number of rotatable bonds is 8. The molecular formula is C22H31IN8O. The van der Waals surface area contributed by atoms with Gasteiger partial charge in [-0.25, -0.2) is 9.67 Å². The summed E-state index contributed by atoms with van der Waals surface area (Å²) >= 11 is 0. The maximum atomic E-state index is 12.2. The van der Waals surface area contributed by atoms with Gasteiger partial charge in [0.15, 0.2) is 5.96 Å². The number of hydrogen-bond acceptors (Lipinski definition) is 5. The van der Waals surface area contributed by atoms with E-state index in [2.05, 4.69) is 26.8 Å². The third-order valence-electron chi connectivity index (χ3n) is 5.16. The predicted molar refractivity (Wildman–Crippen MR) is 136 cm³/mol. The Morgan fingerprint density at radius 3 is 2.62 bits per heavy atom. The van der Waals surface area contributed by atoms with Gasteiger partial charge in [0, 0.05) is 26.2 Å². The number of nitriles is 1. The molecule has 1 aromatic heterocycles. The van der Waals surface area contributed by atoms with Crippen molar-refractivity contribution in [1.82, 2.24) is 25.3 Å². The molecule has 0 unspecified atom stereocenters. The lowest BCUT2D eigenvalue weighted by Gasteiger charge is -2.15. The minimum absolute atomic E-state index is 0. The fraction of sp³-hybridized carbons (Fsp3) is 0.455. The second-order valence-corrected chi connectivity index (χ2v) is 7.38. The lowest BCUT2D eigenvalue weighted by Crippen LogP contribution is -2.39. The summed E-state index contributed by atoms with van der Waals surface area (Å²) < 4.78 is 1.61. The van der Waals surface area contributed by atoms with Crippen LogP contribution in [-0.2, 0) is 11.2 Å². The topological polar surface area (TPSA) is 124 Å². The smallest absolute Gasteiger partial charge is 0.244 e. The van der Waals surface area contributed by atoms with Crippen molar-refractivity contribution in [1.29, 1.82) is 5.26 Å². The zero-order chi connectivity index (χ0) is 22.1. The normalized spacial score (nSPS) is 13.4. The van der Waals surface area contributed by atoms with Crippen LogP contribution in [0.4, 0.5) is 5.82 Å². The van der Waals surface area contributed by atoms with Gasteiger partial charge in [-0.1, -0.05) is 18.2 Å². The number of aromatic nitrogens is 2. The molecule has 1 saturated heterocycles. The molecule has 1 aliphatic rings. The van der Waals surface area contributed by atoms with Gasteiger partial charge < -0.3 is 21.3 Å². The number of carbonyl (C=O) groups excluding carboxylic acids is 1. The quantitative estimate of drug-likeness (QED) is 0.200. The Bertz CT molecular complexity index is 945. The van der Waals surface area contributed by atoms with Gasteiger partial charge in [-0.05, 0) is 44.7 Å². The van der Waals surface area contributed by atoms with E-state index in [1.165, 1.54) is 0 Å². The maximum Gasteiger partial charge on any atom is 0.244 e. The molecule has 0 spiro atoms. The highest BCUT2D eigenvalue weighted by Crippen LogP contribution is 2.21. The molecule has 1 aromatic carbocycles. The second-order valence-electron chi connectivity index (χ2n) is 7.38. The molecule has 3 rings (SSSR count). The van der Waals surface area contributed by atoms with Crippen LogP contribution in [0.2, 0.25) is 0 Å². The van der Waals surface area contributed by atoms with Crippen molar-refractivity contribution in [3.8, 4) is 11.8 Å². The molecule has 1 fully saturated rings. The first-order valence-electron chi connectivity index (χ1n) is 10.8. The van der Waals surface area contributed by atoms with Gasteiger partial charge in [-0.15, -0.1) is 24.0 Å². The van der Waals surface area contributed by atoms with Crippen LogP contribution in [0.5, 0.6) is 0 Å². The minimum Gasteiger partial charge on any atom is -0.382 e. The summed E-state index contributed by atoms with van der Waals surface area (Å²) in [4.78, 5) is 18.5. The van der Waals surface area contributed by atoms with Gasteiger partial charge in [0.05, 0.1) is 11.4 Å². The first kappa shape index (κ1) is 25.5. The lowest BCUT2D eigenvalue weighted by molar-refractivity contribution is -0.128. The zero-order valence-corrected chi connectivity index (χ0v) is 20.7. The summed E-state index contributed by atoms with van der Waals surface area (Å²) in [6.07, 6.45) is 3.49. The number of anilines is 1. The van der Waals surface area contributed by atoms with Crippen molar-refractivity contribution in [2.24, 2.45) is 4.99 Å². The molecule has 32 heavy (non-hydrogen) atoms. The largest absolute Gasteiger partial charge is 0.382 e. The Balaban J connectivity index is 0.00000363. The molecule has 9 nitrogen and oxygen atoms in total. The maximum absolute atomic E-state index is 12.2. The highest BCUT2D eigenvalue weighted by atomic mass is 127. The number of carbonyl (C=O) groups is 1.